The zero-order valence-corrected chi connectivity index (χ0v) is 14.1. The molecule has 1 aromatic rings. The molecule has 2 nitrogen and oxygen atoms in total. The largest absolute Gasteiger partial charge is 0.497 e. The summed E-state index contributed by atoms with van der Waals surface area (Å²) in [5.41, 5.74) is 1.76. The van der Waals surface area contributed by atoms with E-state index in [1.807, 2.05) is 23.9 Å². The number of aliphatic hydroxyl groups excluding tert-OH is 1. The highest BCUT2D eigenvalue weighted by molar-refractivity contribution is 7.98. The Morgan fingerprint density at radius 3 is 2.52 bits per heavy atom. The summed E-state index contributed by atoms with van der Waals surface area (Å²) >= 11 is 1.97. The van der Waals surface area contributed by atoms with E-state index < -0.39 is 0 Å². The Labute approximate surface area is 132 Å². The van der Waals surface area contributed by atoms with Gasteiger partial charge in [-0.25, -0.2) is 0 Å². The van der Waals surface area contributed by atoms with E-state index in [-0.39, 0.29) is 11.5 Å². The van der Waals surface area contributed by atoms with Crippen LogP contribution in [0.5, 0.6) is 5.75 Å². The number of thioether (sulfide) groups is 1. The fourth-order valence-electron chi connectivity index (χ4n) is 4.45. The van der Waals surface area contributed by atoms with Crippen molar-refractivity contribution in [1.29, 1.82) is 0 Å². The van der Waals surface area contributed by atoms with Gasteiger partial charge < -0.3 is 9.84 Å². The van der Waals surface area contributed by atoms with Crippen molar-refractivity contribution in [2.45, 2.75) is 45.0 Å². The predicted octanol–water partition coefficient (Wildman–Crippen LogP) is 4.12. The number of fused-ring (bicyclic) bond motifs is 2. The molecule has 116 valence electrons. The van der Waals surface area contributed by atoms with E-state index in [4.69, 9.17) is 4.74 Å². The summed E-state index contributed by atoms with van der Waals surface area (Å²) in [6, 6.07) is 8.32. The molecule has 0 radical (unpaired) electrons. The molecular weight excluding hydrogens is 280 g/mol. The number of ether oxygens (including phenoxy) is 1. The van der Waals surface area contributed by atoms with Crippen molar-refractivity contribution in [2.75, 3.05) is 12.9 Å². The quantitative estimate of drug-likeness (QED) is 0.887. The molecule has 0 spiro atoms. The summed E-state index contributed by atoms with van der Waals surface area (Å²) in [4.78, 5) is 0. The average molecular weight is 306 g/mol. The molecule has 3 heteroatoms. The van der Waals surface area contributed by atoms with Gasteiger partial charge in [0, 0.05) is 16.9 Å². The van der Waals surface area contributed by atoms with Gasteiger partial charge in [-0.2, -0.15) is 11.8 Å². The van der Waals surface area contributed by atoms with Crippen molar-refractivity contribution in [3.05, 3.63) is 29.8 Å². The Bertz CT molecular complexity index is 496. The molecule has 0 amide bonds. The van der Waals surface area contributed by atoms with Crippen LogP contribution in [0.25, 0.3) is 0 Å². The van der Waals surface area contributed by atoms with Crippen molar-refractivity contribution >= 4 is 11.8 Å². The molecule has 0 saturated heterocycles. The highest BCUT2D eigenvalue weighted by atomic mass is 32.2. The molecule has 2 aliphatic rings. The molecule has 1 N–H and O–H groups in total. The van der Waals surface area contributed by atoms with Crippen molar-refractivity contribution in [3.63, 3.8) is 0 Å². The van der Waals surface area contributed by atoms with Gasteiger partial charge in [0.05, 0.1) is 13.2 Å². The lowest BCUT2D eigenvalue weighted by Crippen LogP contribution is -2.40. The smallest absolute Gasteiger partial charge is 0.118 e. The summed E-state index contributed by atoms with van der Waals surface area (Å²) in [7, 11) is 1.70. The highest BCUT2D eigenvalue weighted by Crippen LogP contribution is 2.66. The second-order valence-corrected chi connectivity index (χ2v) is 8.19. The maximum Gasteiger partial charge on any atom is 0.118 e. The first kappa shape index (κ1) is 15.2. The number of hydrogen-bond acceptors (Lipinski definition) is 3. The topological polar surface area (TPSA) is 29.5 Å². The van der Waals surface area contributed by atoms with E-state index in [0.29, 0.717) is 11.3 Å². The average Bonchev–Trinajstić information content (AvgIpc) is 2.82. The molecule has 0 unspecified atom stereocenters. The van der Waals surface area contributed by atoms with Gasteiger partial charge in [0.1, 0.15) is 5.75 Å². The molecule has 2 fully saturated rings. The second kappa shape index (κ2) is 5.51. The van der Waals surface area contributed by atoms with Crippen LogP contribution in [-0.2, 0) is 5.75 Å². The third-order valence-corrected chi connectivity index (χ3v) is 7.43. The van der Waals surface area contributed by atoms with Crippen LogP contribution >= 0.6 is 11.8 Å². The van der Waals surface area contributed by atoms with E-state index in [0.717, 1.165) is 23.7 Å². The molecule has 2 aliphatic carbocycles. The first-order valence-electron chi connectivity index (χ1n) is 7.88. The van der Waals surface area contributed by atoms with Crippen LogP contribution in [0.3, 0.4) is 0 Å². The molecule has 1 aromatic carbocycles. The first-order valence-corrected chi connectivity index (χ1v) is 9.04. The van der Waals surface area contributed by atoms with Crippen LogP contribution in [0.15, 0.2) is 24.3 Å². The van der Waals surface area contributed by atoms with Crippen molar-refractivity contribution < 1.29 is 9.84 Å². The van der Waals surface area contributed by atoms with Crippen LogP contribution < -0.4 is 4.74 Å². The molecule has 0 heterocycles. The van der Waals surface area contributed by atoms with Crippen LogP contribution in [0.1, 0.15) is 38.7 Å². The van der Waals surface area contributed by atoms with Gasteiger partial charge in [0.25, 0.3) is 0 Å². The Kier molecular flexibility index (Phi) is 4.00. The molecule has 21 heavy (non-hydrogen) atoms. The fraction of sp³-hybridized carbons (Fsp3) is 0.667. The molecule has 3 rings (SSSR count). The van der Waals surface area contributed by atoms with Crippen molar-refractivity contribution in [3.8, 4) is 5.75 Å². The van der Waals surface area contributed by atoms with Gasteiger partial charge in [-0.3, -0.25) is 0 Å². The zero-order chi connectivity index (χ0) is 15.1. The maximum atomic E-state index is 10.5. The van der Waals surface area contributed by atoms with E-state index in [1.165, 1.54) is 18.4 Å². The Balaban J connectivity index is 1.62. The normalized spacial score (nSPS) is 33.3. The van der Waals surface area contributed by atoms with E-state index >= 15 is 0 Å². The lowest BCUT2D eigenvalue weighted by molar-refractivity contribution is 0.0168. The number of aliphatic hydroxyl groups is 1. The maximum absolute atomic E-state index is 10.5. The van der Waals surface area contributed by atoms with Crippen LogP contribution in [0.2, 0.25) is 0 Å². The minimum absolute atomic E-state index is 0.102. The first-order chi connectivity index (χ1) is 9.99. The Morgan fingerprint density at radius 1 is 1.29 bits per heavy atom. The monoisotopic (exact) mass is 306 g/mol. The summed E-state index contributed by atoms with van der Waals surface area (Å²) < 4.78 is 5.20. The van der Waals surface area contributed by atoms with Gasteiger partial charge in [-0.05, 0) is 48.3 Å². The lowest BCUT2D eigenvalue weighted by atomic mass is 9.70. The van der Waals surface area contributed by atoms with Gasteiger partial charge in [-0.15, -0.1) is 0 Å². The third kappa shape index (κ3) is 2.39. The number of hydrogen-bond donors (Lipinski definition) is 1. The van der Waals surface area contributed by atoms with Crippen LogP contribution in [-0.4, -0.2) is 24.1 Å². The Hall–Kier alpha value is -0.670. The lowest BCUT2D eigenvalue weighted by Gasteiger charge is -2.40. The van der Waals surface area contributed by atoms with Crippen molar-refractivity contribution in [2.24, 2.45) is 16.7 Å². The molecule has 0 aliphatic heterocycles. The zero-order valence-electron chi connectivity index (χ0n) is 13.3. The minimum atomic E-state index is -0.102. The minimum Gasteiger partial charge on any atom is -0.497 e. The van der Waals surface area contributed by atoms with Gasteiger partial charge in [0.15, 0.2) is 0 Å². The number of methoxy groups -OCH3 is 1. The van der Waals surface area contributed by atoms with Gasteiger partial charge in [-0.1, -0.05) is 26.0 Å². The molecule has 2 bridgehead atoms. The Morgan fingerprint density at radius 2 is 2.00 bits per heavy atom. The summed E-state index contributed by atoms with van der Waals surface area (Å²) in [5.74, 6) is 3.71. The van der Waals surface area contributed by atoms with Crippen LogP contribution in [0.4, 0.5) is 0 Å². The van der Waals surface area contributed by atoms with Gasteiger partial charge in [0.2, 0.25) is 0 Å². The molecule has 2 saturated carbocycles. The predicted molar refractivity (Wildman–Crippen MR) is 88.7 cm³/mol. The fourth-order valence-corrected chi connectivity index (χ4v) is 6.06. The third-order valence-electron chi connectivity index (χ3n) is 6.18. The van der Waals surface area contributed by atoms with Crippen molar-refractivity contribution in [1.82, 2.24) is 0 Å². The summed E-state index contributed by atoms with van der Waals surface area (Å²) in [6.07, 6.45) is 3.40. The molecular formula is C18H26O2S. The van der Waals surface area contributed by atoms with E-state index in [2.05, 4.69) is 26.0 Å². The van der Waals surface area contributed by atoms with Crippen LogP contribution in [0, 0.1) is 16.7 Å². The molecule has 3 atom stereocenters. The van der Waals surface area contributed by atoms with E-state index in [9.17, 15) is 5.11 Å². The summed E-state index contributed by atoms with van der Waals surface area (Å²) in [6.45, 7) is 4.74. The van der Waals surface area contributed by atoms with E-state index in [1.54, 1.807) is 7.11 Å². The molecule has 0 aromatic heterocycles. The number of rotatable bonds is 5. The standard InChI is InChI=1S/C18H26O2S/c1-17(2)14-8-9-18(17,16(19)10-14)12-21-11-13-4-6-15(20-3)7-5-13/h4-7,14,16,19H,8-12H2,1-3H3/t14-,16-,18-/m1/s1. The SMILES string of the molecule is COc1ccc(CSC[C@]23CC[C@H](C[C@H]2O)C3(C)C)cc1. The summed E-state index contributed by atoms with van der Waals surface area (Å²) in [5, 5.41) is 10.5. The second-order valence-electron chi connectivity index (χ2n) is 7.21. The van der Waals surface area contributed by atoms with Gasteiger partial charge >= 0.3 is 0 Å². The number of benzene rings is 1. The highest BCUT2D eigenvalue weighted by Gasteiger charge is 2.63.